The molecule has 0 aromatic heterocycles. The summed E-state index contributed by atoms with van der Waals surface area (Å²) in [7, 11) is 0. The molecule has 0 amide bonds. The van der Waals surface area contributed by atoms with E-state index in [1.54, 1.807) is 36.4 Å². The zero-order valence-electron chi connectivity index (χ0n) is 18.9. The Hall–Kier alpha value is -3.68. The van der Waals surface area contributed by atoms with Crippen LogP contribution in [0, 0.1) is 27.9 Å². The van der Waals surface area contributed by atoms with Crippen LogP contribution in [0.25, 0.3) is 0 Å². The number of nitro groups is 1. The normalized spacial score (nSPS) is 29.5. The second-order valence-electron chi connectivity index (χ2n) is 9.83. The number of aliphatic hydroxyl groups is 1. The second kappa shape index (κ2) is 7.93. The van der Waals surface area contributed by atoms with Gasteiger partial charge in [-0.05, 0) is 16.7 Å². The molecule has 3 aliphatic rings. The molecule has 35 heavy (non-hydrogen) atoms. The molecule has 176 valence electrons. The number of nitro benzene ring substituents is 1. The SMILES string of the molecule is O=C1c2ccccc2[C@]2(O)[C@H]1[C@@H](c1ccc([N+](=O)[O-])cc1)[C@@H]1CN(Cc3ccccc3)C[C@H]2C1=O. The average molecular weight is 469 g/mol. The lowest BCUT2D eigenvalue weighted by Gasteiger charge is -2.53. The highest BCUT2D eigenvalue weighted by molar-refractivity contribution is 6.07. The van der Waals surface area contributed by atoms with Gasteiger partial charge in [0, 0.05) is 49.2 Å². The van der Waals surface area contributed by atoms with Crippen molar-refractivity contribution < 1.29 is 19.6 Å². The molecular weight excluding hydrogens is 444 g/mol. The summed E-state index contributed by atoms with van der Waals surface area (Å²) in [5, 5.41) is 23.5. The number of hydrogen-bond acceptors (Lipinski definition) is 6. The number of piperidine rings is 1. The zero-order chi connectivity index (χ0) is 24.3. The Morgan fingerprint density at radius 2 is 1.63 bits per heavy atom. The number of ketones is 2. The smallest absolute Gasteiger partial charge is 0.269 e. The van der Waals surface area contributed by atoms with Crippen molar-refractivity contribution in [2.45, 2.75) is 18.1 Å². The monoisotopic (exact) mass is 468 g/mol. The summed E-state index contributed by atoms with van der Waals surface area (Å²) in [6.07, 6.45) is 0. The minimum Gasteiger partial charge on any atom is -0.384 e. The van der Waals surface area contributed by atoms with Crippen LogP contribution in [0.5, 0.6) is 0 Å². The van der Waals surface area contributed by atoms with Crippen LogP contribution in [0.2, 0.25) is 0 Å². The lowest BCUT2D eigenvalue weighted by molar-refractivity contribution is -0.384. The molecule has 3 aromatic rings. The number of likely N-dealkylation sites (tertiary alicyclic amines) is 1. The maximum absolute atomic E-state index is 13.8. The van der Waals surface area contributed by atoms with Gasteiger partial charge in [-0.2, -0.15) is 0 Å². The van der Waals surface area contributed by atoms with Gasteiger partial charge in [-0.25, -0.2) is 0 Å². The first kappa shape index (κ1) is 21.8. The molecule has 7 nitrogen and oxygen atoms in total. The maximum atomic E-state index is 13.8. The van der Waals surface area contributed by atoms with Crippen molar-refractivity contribution in [3.63, 3.8) is 0 Å². The zero-order valence-corrected chi connectivity index (χ0v) is 18.9. The Labute approximate surface area is 202 Å². The largest absolute Gasteiger partial charge is 0.384 e. The van der Waals surface area contributed by atoms with Crippen molar-refractivity contribution in [3.05, 3.63) is 111 Å². The summed E-state index contributed by atoms with van der Waals surface area (Å²) >= 11 is 0. The van der Waals surface area contributed by atoms with Gasteiger partial charge in [-0.15, -0.1) is 0 Å². The molecule has 3 aromatic carbocycles. The third-order valence-electron chi connectivity index (χ3n) is 8.05. The fourth-order valence-corrected chi connectivity index (χ4v) is 6.57. The van der Waals surface area contributed by atoms with E-state index < -0.39 is 34.2 Å². The van der Waals surface area contributed by atoms with Gasteiger partial charge in [0.05, 0.1) is 16.8 Å². The van der Waals surface area contributed by atoms with Crippen molar-refractivity contribution in [3.8, 4) is 0 Å². The van der Waals surface area contributed by atoms with Gasteiger partial charge in [0.1, 0.15) is 11.4 Å². The van der Waals surface area contributed by atoms with Gasteiger partial charge < -0.3 is 5.11 Å². The highest BCUT2D eigenvalue weighted by Crippen LogP contribution is 2.59. The van der Waals surface area contributed by atoms with Crippen molar-refractivity contribution in [2.24, 2.45) is 17.8 Å². The lowest BCUT2D eigenvalue weighted by atomic mass is 9.55. The van der Waals surface area contributed by atoms with Gasteiger partial charge in [0.15, 0.2) is 5.78 Å². The Morgan fingerprint density at radius 3 is 2.34 bits per heavy atom. The minimum absolute atomic E-state index is 0.0408. The minimum atomic E-state index is -1.62. The summed E-state index contributed by atoms with van der Waals surface area (Å²) in [4.78, 5) is 40.5. The molecule has 2 fully saturated rings. The molecule has 5 atom stereocenters. The summed E-state index contributed by atoms with van der Waals surface area (Å²) in [6.45, 7) is 1.46. The summed E-state index contributed by atoms with van der Waals surface area (Å²) < 4.78 is 0. The van der Waals surface area contributed by atoms with Crippen molar-refractivity contribution in [1.82, 2.24) is 4.90 Å². The number of hydrogen-bond donors (Lipinski definition) is 1. The third kappa shape index (κ3) is 3.19. The molecule has 2 bridgehead atoms. The third-order valence-corrected chi connectivity index (χ3v) is 8.05. The molecule has 6 rings (SSSR count). The number of nitrogens with zero attached hydrogens (tertiary/aromatic N) is 2. The van der Waals surface area contributed by atoms with E-state index >= 15 is 0 Å². The predicted molar refractivity (Wildman–Crippen MR) is 128 cm³/mol. The standard InChI is InChI=1S/C28H24N2O5/c31-26-21-15-29(14-17-6-2-1-3-7-17)16-23(26)28(33)22-9-5-4-8-20(22)27(32)25(28)24(21)18-10-12-19(13-11-18)30(34)35/h1-13,21,23-25,33H,14-16H2/t21-,23-,24-,25-,28+/m0/s1. The van der Waals surface area contributed by atoms with Crippen molar-refractivity contribution in [1.29, 1.82) is 0 Å². The number of fused-ring (bicyclic) bond motifs is 6. The van der Waals surface area contributed by atoms with Gasteiger partial charge in [-0.3, -0.25) is 24.6 Å². The van der Waals surface area contributed by atoms with Gasteiger partial charge >= 0.3 is 0 Å². The van der Waals surface area contributed by atoms with Crippen molar-refractivity contribution >= 4 is 17.3 Å². The van der Waals surface area contributed by atoms with Gasteiger partial charge in [0.25, 0.3) is 5.69 Å². The van der Waals surface area contributed by atoms with Gasteiger partial charge in [-0.1, -0.05) is 66.7 Å². The molecule has 0 radical (unpaired) electrons. The van der Waals surface area contributed by atoms with Crippen LogP contribution in [0.15, 0.2) is 78.9 Å². The van der Waals surface area contributed by atoms with E-state index in [-0.39, 0.29) is 17.3 Å². The first-order chi connectivity index (χ1) is 16.9. The van der Waals surface area contributed by atoms with E-state index in [4.69, 9.17) is 0 Å². The van der Waals surface area contributed by atoms with E-state index in [9.17, 15) is 24.8 Å². The molecule has 1 saturated carbocycles. The maximum Gasteiger partial charge on any atom is 0.269 e. The molecule has 1 saturated heterocycles. The van der Waals surface area contributed by atoms with E-state index in [2.05, 4.69) is 4.90 Å². The Morgan fingerprint density at radius 1 is 0.943 bits per heavy atom. The number of benzene rings is 3. The predicted octanol–water partition coefficient (Wildman–Crippen LogP) is 3.71. The number of rotatable bonds is 4. The van der Waals surface area contributed by atoms with Crippen LogP contribution in [0.1, 0.15) is 33.0 Å². The Balaban J connectivity index is 1.48. The molecule has 2 aliphatic carbocycles. The first-order valence-electron chi connectivity index (χ1n) is 11.8. The number of Topliss-reactive ketones (excluding diaryl/α,β-unsaturated/α-hetero) is 2. The average Bonchev–Trinajstić information content (AvgIpc) is 3.09. The van der Waals surface area contributed by atoms with Crippen LogP contribution < -0.4 is 0 Å². The van der Waals surface area contributed by atoms with Gasteiger partial charge in [0.2, 0.25) is 0 Å². The molecular formula is C28H24N2O5. The van der Waals surface area contributed by atoms with E-state index in [0.717, 1.165) is 5.56 Å². The molecule has 1 N–H and O–H groups in total. The molecule has 0 spiro atoms. The van der Waals surface area contributed by atoms with E-state index in [1.165, 1.54) is 12.1 Å². The molecule has 7 heteroatoms. The summed E-state index contributed by atoms with van der Waals surface area (Å²) in [5.74, 6) is -2.82. The van der Waals surface area contributed by atoms with Crippen LogP contribution >= 0.6 is 0 Å². The number of carbonyl (C=O) groups is 2. The molecule has 1 aliphatic heterocycles. The summed E-state index contributed by atoms with van der Waals surface area (Å²) in [6, 6.07) is 23.1. The highest BCUT2D eigenvalue weighted by Gasteiger charge is 2.67. The Bertz CT molecular complexity index is 1340. The number of carbonyl (C=O) groups excluding carboxylic acids is 2. The quantitative estimate of drug-likeness (QED) is 0.463. The lowest BCUT2D eigenvalue weighted by Crippen LogP contribution is -2.63. The fraction of sp³-hybridized carbons (Fsp3) is 0.286. The molecule has 0 unspecified atom stereocenters. The van der Waals surface area contributed by atoms with Crippen LogP contribution in [0.4, 0.5) is 5.69 Å². The summed E-state index contributed by atoms with van der Waals surface area (Å²) in [5.41, 5.74) is 1.07. The Kier molecular flexibility index (Phi) is 4.95. The fourth-order valence-electron chi connectivity index (χ4n) is 6.57. The van der Waals surface area contributed by atoms with E-state index in [0.29, 0.717) is 36.3 Å². The highest BCUT2D eigenvalue weighted by atomic mass is 16.6. The van der Waals surface area contributed by atoms with Crippen LogP contribution in [0.3, 0.4) is 0 Å². The molecule has 1 heterocycles. The first-order valence-corrected chi connectivity index (χ1v) is 11.8. The van der Waals surface area contributed by atoms with Crippen molar-refractivity contribution in [2.75, 3.05) is 13.1 Å². The van der Waals surface area contributed by atoms with Crippen LogP contribution in [-0.2, 0) is 16.9 Å². The van der Waals surface area contributed by atoms with Crippen LogP contribution in [-0.4, -0.2) is 39.6 Å². The topological polar surface area (TPSA) is 101 Å². The number of non-ortho nitro benzene ring substituents is 1. The second-order valence-corrected chi connectivity index (χ2v) is 9.83. The van der Waals surface area contributed by atoms with E-state index in [1.807, 2.05) is 30.3 Å².